The van der Waals surface area contributed by atoms with Crippen LogP contribution >= 0.6 is 0 Å². The monoisotopic (exact) mass is 254 g/mol. The van der Waals surface area contributed by atoms with E-state index in [-0.39, 0.29) is 5.92 Å². The zero-order valence-electron chi connectivity index (χ0n) is 11.2. The second-order valence-corrected chi connectivity index (χ2v) is 6.00. The van der Waals surface area contributed by atoms with E-state index in [1.807, 2.05) is 12.1 Å². The number of imidazole rings is 1. The lowest BCUT2D eigenvalue weighted by Gasteiger charge is -2.23. The first-order chi connectivity index (χ1) is 9.24. The summed E-state index contributed by atoms with van der Waals surface area (Å²) < 4.78 is 2.19. The van der Waals surface area contributed by atoms with Crippen LogP contribution in [0.15, 0.2) is 18.2 Å². The Kier molecular flexibility index (Phi) is 2.32. The Bertz CT molecular complexity index is 663. The molecule has 0 aliphatic heterocycles. The third-order valence-electron chi connectivity index (χ3n) is 4.62. The Labute approximate surface area is 112 Å². The van der Waals surface area contributed by atoms with Crippen molar-refractivity contribution in [3.8, 4) is 0 Å². The lowest BCUT2D eigenvalue weighted by molar-refractivity contribution is 0.0855. The fourth-order valence-electron chi connectivity index (χ4n) is 2.98. The molecule has 0 atom stereocenters. The maximum Gasteiger partial charge on any atom is 0.166 e. The molecule has 3 heteroatoms. The first kappa shape index (κ1) is 11.2. The van der Waals surface area contributed by atoms with Crippen LogP contribution in [-0.4, -0.2) is 15.3 Å². The number of benzene rings is 1. The first-order valence-corrected chi connectivity index (χ1v) is 7.24. The summed E-state index contributed by atoms with van der Waals surface area (Å²) in [5, 5.41) is 0. The molecule has 0 N–H and O–H groups in total. The molecule has 0 radical (unpaired) electrons. The average Bonchev–Trinajstić information content (AvgIpc) is 3.13. The molecule has 0 saturated heterocycles. The second-order valence-electron chi connectivity index (χ2n) is 6.00. The van der Waals surface area contributed by atoms with Crippen LogP contribution in [0.1, 0.15) is 54.2 Å². The van der Waals surface area contributed by atoms with Crippen LogP contribution in [0.25, 0.3) is 11.0 Å². The lowest BCUT2D eigenvalue weighted by atomic mass is 9.80. The van der Waals surface area contributed by atoms with Crippen LogP contribution in [-0.2, 0) is 7.05 Å². The van der Waals surface area contributed by atoms with Gasteiger partial charge >= 0.3 is 0 Å². The molecule has 0 amide bonds. The van der Waals surface area contributed by atoms with E-state index < -0.39 is 0 Å². The van der Waals surface area contributed by atoms with Gasteiger partial charge in [-0.2, -0.15) is 0 Å². The Morgan fingerprint density at radius 1 is 1.26 bits per heavy atom. The van der Waals surface area contributed by atoms with Crippen molar-refractivity contribution in [1.29, 1.82) is 0 Å². The van der Waals surface area contributed by atoms with Crippen LogP contribution in [0.3, 0.4) is 0 Å². The standard InChI is InChI=1S/C16H18N2O/c1-18-14-8-7-12(15(19)10-3-2-4-10)9-13(14)17-16(18)11-5-6-11/h7-11H,2-6H2,1H3. The summed E-state index contributed by atoms with van der Waals surface area (Å²) in [6.45, 7) is 0. The van der Waals surface area contributed by atoms with Gasteiger partial charge in [0.1, 0.15) is 5.82 Å². The number of Topliss-reactive ketones (excluding diaryl/α,β-unsaturated/α-hetero) is 1. The van der Waals surface area contributed by atoms with Crippen molar-refractivity contribution in [2.45, 2.75) is 38.0 Å². The quantitative estimate of drug-likeness (QED) is 0.786. The summed E-state index contributed by atoms with van der Waals surface area (Å²) in [4.78, 5) is 17.0. The molecule has 1 aromatic carbocycles. The zero-order chi connectivity index (χ0) is 13.0. The molecule has 98 valence electrons. The molecule has 19 heavy (non-hydrogen) atoms. The summed E-state index contributed by atoms with van der Waals surface area (Å²) >= 11 is 0. The van der Waals surface area contributed by atoms with Crippen molar-refractivity contribution in [2.75, 3.05) is 0 Å². The molecule has 1 aromatic heterocycles. The van der Waals surface area contributed by atoms with Crippen molar-refractivity contribution in [2.24, 2.45) is 13.0 Å². The fraction of sp³-hybridized carbons (Fsp3) is 0.500. The molecular weight excluding hydrogens is 236 g/mol. The smallest absolute Gasteiger partial charge is 0.166 e. The van der Waals surface area contributed by atoms with Crippen molar-refractivity contribution >= 4 is 16.8 Å². The Morgan fingerprint density at radius 3 is 2.68 bits per heavy atom. The molecular formula is C16H18N2O. The van der Waals surface area contributed by atoms with Gasteiger partial charge in [-0.15, -0.1) is 0 Å². The number of hydrogen-bond donors (Lipinski definition) is 0. The molecule has 0 bridgehead atoms. The molecule has 2 aliphatic rings. The van der Waals surface area contributed by atoms with Gasteiger partial charge in [0, 0.05) is 24.4 Å². The normalized spacial score (nSPS) is 19.6. The van der Waals surface area contributed by atoms with E-state index in [1.165, 1.54) is 25.1 Å². The molecule has 3 nitrogen and oxygen atoms in total. The summed E-state index contributed by atoms with van der Waals surface area (Å²) in [5.74, 6) is 2.40. The molecule has 0 unspecified atom stereocenters. The number of carbonyl (C=O) groups is 1. The minimum Gasteiger partial charge on any atom is -0.331 e. The summed E-state index contributed by atoms with van der Waals surface area (Å²) in [7, 11) is 2.08. The third-order valence-corrected chi connectivity index (χ3v) is 4.62. The molecule has 2 aromatic rings. The maximum absolute atomic E-state index is 12.3. The van der Waals surface area contributed by atoms with Crippen molar-refractivity contribution in [3.63, 3.8) is 0 Å². The van der Waals surface area contributed by atoms with E-state index >= 15 is 0 Å². The third kappa shape index (κ3) is 1.71. The number of carbonyl (C=O) groups excluding carboxylic acids is 1. The minimum absolute atomic E-state index is 0.268. The predicted octanol–water partition coefficient (Wildman–Crippen LogP) is 3.43. The number of hydrogen-bond acceptors (Lipinski definition) is 2. The number of rotatable bonds is 3. The maximum atomic E-state index is 12.3. The van der Waals surface area contributed by atoms with E-state index in [0.29, 0.717) is 11.7 Å². The van der Waals surface area contributed by atoms with Gasteiger partial charge in [0.2, 0.25) is 0 Å². The van der Waals surface area contributed by atoms with Crippen LogP contribution in [0.4, 0.5) is 0 Å². The summed E-state index contributed by atoms with van der Waals surface area (Å²) in [5.41, 5.74) is 2.97. The minimum atomic E-state index is 0.268. The highest BCUT2D eigenvalue weighted by Crippen LogP contribution is 2.40. The Morgan fingerprint density at radius 2 is 2.05 bits per heavy atom. The number of nitrogens with zero attached hydrogens (tertiary/aromatic N) is 2. The van der Waals surface area contributed by atoms with E-state index in [9.17, 15) is 4.79 Å². The number of ketones is 1. The highest BCUT2D eigenvalue weighted by atomic mass is 16.1. The van der Waals surface area contributed by atoms with E-state index in [2.05, 4.69) is 17.7 Å². The van der Waals surface area contributed by atoms with Crippen molar-refractivity contribution in [3.05, 3.63) is 29.6 Å². The first-order valence-electron chi connectivity index (χ1n) is 7.24. The zero-order valence-corrected chi connectivity index (χ0v) is 11.2. The van der Waals surface area contributed by atoms with Crippen molar-refractivity contribution < 1.29 is 4.79 Å². The summed E-state index contributed by atoms with van der Waals surface area (Å²) in [6, 6.07) is 6.02. The average molecular weight is 254 g/mol. The SMILES string of the molecule is Cn1c(C2CC2)nc2cc(C(=O)C3CCC3)ccc21. The van der Waals surface area contributed by atoms with E-state index in [4.69, 9.17) is 4.98 Å². The Balaban J connectivity index is 1.76. The molecule has 0 spiro atoms. The highest BCUT2D eigenvalue weighted by Gasteiger charge is 2.29. The topological polar surface area (TPSA) is 34.9 Å². The van der Waals surface area contributed by atoms with E-state index in [0.717, 1.165) is 29.4 Å². The fourth-order valence-corrected chi connectivity index (χ4v) is 2.98. The molecule has 2 fully saturated rings. The highest BCUT2D eigenvalue weighted by molar-refractivity contribution is 6.00. The van der Waals surface area contributed by atoms with Gasteiger partial charge in [0.25, 0.3) is 0 Å². The van der Waals surface area contributed by atoms with E-state index in [1.54, 1.807) is 0 Å². The Hall–Kier alpha value is -1.64. The predicted molar refractivity (Wildman–Crippen MR) is 74.4 cm³/mol. The van der Waals surface area contributed by atoms with Crippen LogP contribution in [0, 0.1) is 5.92 Å². The van der Waals surface area contributed by atoms with Gasteiger partial charge in [0.05, 0.1) is 11.0 Å². The van der Waals surface area contributed by atoms with Gasteiger partial charge in [-0.1, -0.05) is 6.42 Å². The number of aryl methyl sites for hydroxylation is 1. The van der Waals surface area contributed by atoms with Crippen LogP contribution in [0.5, 0.6) is 0 Å². The lowest BCUT2D eigenvalue weighted by Crippen LogP contribution is -2.21. The number of aromatic nitrogens is 2. The van der Waals surface area contributed by atoms with Gasteiger partial charge < -0.3 is 4.57 Å². The van der Waals surface area contributed by atoms with Crippen LogP contribution < -0.4 is 0 Å². The van der Waals surface area contributed by atoms with Gasteiger partial charge in [-0.25, -0.2) is 4.98 Å². The van der Waals surface area contributed by atoms with Gasteiger partial charge in [-0.05, 0) is 43.9 Å². The van der Waals surface area contributed by atoms with Gasteiger partial charge in [0.15, 0.2) is 5.78 Å². The van der Waals surface area contributed by atoms with Crippen molar-refractivity contribution in [1.82, 2.24) is 9.55 Å². The summed E-state index contributed by atoms with van der Waals surface area (Å²) in [6.07, 6.45) is 5.84. The van der Waals surface area contributed by atoms with Crippen LogP contribution in [0.2, 0.25) is 0 Å². The second kappa shape index (κ2) is 3.92. The number of fused-ring (bicyclic) bond motifs is 1. The molecule has 2 saturated carbocycles. The molecule has 4 rings (SSSR count). The van der Waals surface area contributed by atoms with Gasteiger partial charge in [-0.3, -0.25) is 4.79 Å². The molecule has 1 heterocycles. The largest absolute Gasteiger partial charge is 0.331 e. The molecule has 2 aliphatic carbocycles.